The minimum Gasteiger partial charge on any atom is -0.303 e. The highest BCUT2D eigenvalue weighted by Gasteiger charge is 2.10. The summed E-state index contributed by atoms with van der Waals surface area (Å²) in [6.45, 7) is 0.718. The summed E-state index contributed by atoms with van der Waals surface area (Å²) >= 11 is 0. The predicted molar refractivity (Wildman–Crippen MR) is 47.3 cm³/mol. The van der Waals surface area contributed by atoms with Gasteiger partial charge in [-0.3, -0.25) is 4.99 Å². The van der Waals surface area contributed by atoms with Crippen LogP contribution in [0.2, 0.25) is 0 Å². The smallest absolute Gasteiger partial charge is 0.153 e. The molecule has 0 radical (unpaired) electrons. The van der Waals surface area contributed by atoms with Crippen LogP contribution in [-0.4, -0.2) is 15.8 Å². The first-order chi connectivity index (χ1) is 5.95. The Morgan fingerprint density at radius 2 is 2.17 bits per heavy atom. The van der Waals surface area contributed by atoms with Crippen LogP contribution in [0, 0.1) is 0 Å². The number of para-hydroxylation sites is 2. The van der Waals surface area contributed by atoms with Gasteiger partial charge in [0.2, 0.25) is 0 Å². The van der Waals surface area contributed by atoms with Crippen molar-refractivity contribution in [3.8, 4) is 0 Å². The molecule has 58 valence electrons. The van der Waals surface area contributed by atoms with Crippen LogP contribution in [0.3, 0.4) is 0 Å². The standard InChI is InChI=1S/C9H7N3/c1-2-4-8-7(3-1)11-9-5-10-6-12(8)9/h1-5H,6H2. The SMILES string of the molecule is C1=NCn2c1nc1ccccc12. The van der Waals surface area contributed by atoms with E-state index in [9.17, 15) is 0 Å². The summed E-state index contributed by atoms with van der Waals surface area (Å²) in [5.41, 5.74) is 2.23. The zero-order valence-corrected chi connectivity index (χ0v) is 6.44. The second-order valence-corrected chi connectivity index (χ2v) is 2.84. The molecule has 0 amide bonds. The lowest BCUT2D eigenvalue weighted by Crippen LogP contribution is -1.92. The lowest BCUT2D eigenvalue weighted by atomic mass is 10.3. The van der Waals surface area contributed by atoms with E-state index in [2.05, 4.69) is 20.6 Å². The highest BCUT2D eigenvalue weighted by molar-refractivity contribution is 5.86. The second-order valence-electron chi connectivity index (χ2n) is 2.84. The van der Waals surface area contributed by atoms with Crippen LogP contribution in [0.4, 0.5) is 0 Å². The molecule has 0 saturated heterocycles. The zero-order chi connectivity index (χ0) is 7.97. The molecule has 0 spiro atoms. The molecule has 0 atom stereocenters. The molecule has 2 heterocycles. The van der Waals surface area contributed by atoms with E-state index >= 15 is 0 Å². The normalized spacial score (nSPS) is 14.0. The van der Waals surface area contributed by atoms with Gasteiger partial charge in [-0.1, -0.05) is 12.1 Å². The van der Waals surface area contributed by atoms with Crippen LogP contribution in [0.1, 0.15) is 5.82 Å². The van der Waals surface area contributed by atoms with Gasteiger partial charge in [0.05, 0.1) is 17.2 Å². The van der Waals surface area contributed by atoms with Crippen molar-refractivity contribution in [3.63, 3.8) is 0 Å². The number of imidazole rings is 1. The van der Waals surface area contributed by atoms with E-state index in [1.165, 1.54) is 5.52 Å². The molecule has 12 heavy (non-hydrogen) atoms. The summed E-state index contributed by atoms with van der Waals surface area (Å²) in [6.07, 6.45) is 1.82. The van der Waals surface area contributed by atoms with Crippen molar-refractivity contribution in [2.45, 2.75) is 6.67 Å². The van der Waals surface area contributed by atoms with E-state index in [1.54, 1.807) is 0 Å². The minimum atomic E-state index is 0.718. The highest BCUT2D eigenvalue weighted by atomic mass is 15.2. The van der Waals surface area contributed by atoms with Crippen molar-refractivity contribution in [1.82, 2.24) is 9.55 Å². The van der Waals surface area contributed by atoms with Gasteiger partial charge in [0.1, 0.15) is 6.67 Å². The van der Waals surface area contributed by atoms with E-state index in [0.29, 0.717) is 0 Å². The number of hydrogen-bond acceptors (Lipinski definition) is 2. The predicted octanol–water partition coefficient (Wildman–Crippen LogP) is 1.43. The Labute approximate surface area is 69.4 Å². The number of aliphatic imine (C=N–C) groups is 1. The van der Waals surface area contributed by atoms with Crippen LogP contribution < -0.4 is 0 Å². The number of benzene rings is 1. The first-order valence-corrected chi connectivity index (χ1v) is 3.90. The monoisotopic (exact) mass is 157 g/mol. The molecular weight excluding hydrogens is 150 g/mol. The third kappa shape index (κ3) is 0.605. The molecule has 3 nitrogen and oxygen atoms in total. The Bertz CT molecular complexity index is 468. The Hall–Kier alpha value is -1.64. The van der Waals surface area contributed by atoms with Gasteiger partial charge in [0.15, 0.2) is 5.82 Å². The quantitative estimate of drug-likeness (QED) is 0.569. The number of nitrogens with zero attached hydrogens (tertiary/aromatic N) is 3. The van der Waals surface area contributed by atoms with Gasteiger partial charge < -0.3 is 4.57 Å². The van der Waals surface area contributed by atoms with Gasteiger partial charge in [-0.05, 0) is 12.1 Å². The molecule has 3 heteroatoms. The first kappa shape index (κ1) is 5.94. The summed E-state index contributed by atoms with van der Waals surface area (Å²) in [5, 5.41) is 0. The number of rotatable bonds is 0. The molecule has 1 aromatic carbocycles. The Balaban J connectivity index is 2.49. The van der Waals surface area contributed by atoms with E-state index in [0.717, 1.165) is 18.0 Å². The van der Waals surface area contributed by atoms with Crippen molar-refractivity contribution in [3.05, 3.63) is 30.1 Å². The van der Waals surface area contributed by atoms with Gasteiger partial charge >= 0.3 is 0 Å². The molecular formula is C9H7N3. The average molecular weight is 157 g/mol. The van der Waals surface area contributed by atoms with Crippen molar-refractivity contribution in [2.75, 3.05) is 0 Å². The lowest BCUT2D eigenvalue weighted by molar-refractivity contribution is 0.787. The second kappa shape index (κ2) is 1.94. The molecule has 0 fully saturated rings. The fourth-order valence-electron chi connectivity index (χ4n) is 1.55. The summed E-state index contributed by atoms with van der Waals surface area (Å²) in [7, 11) is 0. The zero-order valence-electron chi connectivity index (χ0n) is 6.44. The summed E-state index contributed by atoms with van der Waals surface area (Å²) in [6, 6.07) is 8.12. The largest absolute Gasteiger partial charge is 0.303 e. The molecule has 0 N–H and O–H groups in total. The van der Waals surface area contributed by atoms with Crippen LogP contribution in [-0.2, 0) is 6.67 Å². The van der Waals surface area contributed by atoms with Crippen molar-refractivity contribution in [1.29, 1.82) is 0 Å². The molecule has 0 saturated carbocycles. The van der Waals surface area contributed by atoms with Gasteiger partial charge in [-0.2, -0.15) is 0 Å². The van der Waals surface area contributed by atoms with Crippen LogP contribution in [0.15, 0.2) is 29.3 Å². The fourth-order valence-corrected chi connectivity index (χ4v) is 1.55. The number of fused-ring (bicyclic) bond motifs is 3. The van der Waals surface area contributed by atoms with Crippen molar-refractivity contribution >= 4 is 17.2 Å². The number of aromatic nitrogens is 2. The van der Waals surface area contributed by atoms with Gasteiger partial charge in [0.25, 0.3) is 0 Å². The van der Waals surface area contributed by atoms with Crippen molar-refractivity contribution < 1.29 is 0 Å². The van der Waals surface area contributed by atoms with E-state index in [4.69, 9.17) is 0 Å². The topological polar surface area (TPSA) is 30.2 Å². The maximum atomic E-state index is 4.41. The van der Waals surface area contributed by atoms with Crippen molar-refractivity contribution in [2.24, 2.45) is 4.99 Å². The summed E-state index contributed by atoms with van der Waals surface area (Å²) in [5.74, 6) is 0.969. The maximum absolute atomic E-state index is 4.41. The average Bonchev–Trinajstić information content (AvgIpc) is 2.62. The van der Waals surface area contributed by atoms with Crippen LogP contribution >= 0.6 is 0 Å². The highest BCUT2D eigenvalue weighted by Crippen LogP contribution is 2.17. The lowest BCUT2D eigenvalue weighted by Gasteiger charge is -1.94. The third-order valence-electron chi connectivity index (χ3n) is 2.11. The molecule has 0 bridgehead atoms. The minimum absolute atomic E-state index is 0.718. The molecule has 1 aliphatic rings. The van der Waals surface area contributed by atoms with Gasteiger partial charge in [-0.25, -0.2) is 4.98 Å². The Morgan fingerprint density at radius 3 is 3.17 bits per heavy atom. The fraction of sp³-hybridized carbons (Fsp3) is 0.111. The molecule has 0 unspecified atom stereocenters. The van der Waals surface area contributed by atoms with E-state index in [-0.39, 0.29) is 0 Å². The molecule has 1 aromatic heterocycles. The molecule has 2 aromatic rings. The van der Waals surface area contributed by atoms with Gasteiger partial charge in [-0.15, -0.1) is 0 Å². The Morgan fingerprint density at radius 1 is 1.25 bits per heavy atom. The molecule has 0 aliphatic carbocycles. The van der Waals surface area contributed by atoms with Crippen LogP contribution in [0.25, 0.3) is 11.0 Å². The number of hydrogen-bond donors (Lipinski definition) is 0. The van der Waals surface area contributed by atoms with E-state index < -0.39 is 0 Å². The van der Waals surface area contributed by atoms with E-state index in [1.807, 2.05) is 24.4 Å². The van der Waals surface area contributed by atoms with Crippen LogP contribution in [0.5, 0.6) is 0 Å². The summed E-state index contributed by atoms with van der Waals surface area (Å²) < 4.78 is 2.11. The third-order valence-corrected chi connectivity index (χ3v) is 2.11. The summed E-state index contributed by atoms with van der Waals surface area (Å²) in [4.78, 5) is 8.54. The molecule has 1 aliphatic heterocycles. The first-order valence-electron chi connectivity index (χ1n) is 3.90. The maximum Gasteiger partial charge on any atom is 0.153 e. The van der Waals surface area contributed by atoms with Gasteiger partial charge in [0, 0.05) is 0 Å². The molecule has 3 rings (SSSR count). The Kier molecular flexibility index (Phi) is 0.961.